The molecule has 0 saturated heterocycles. The van der Waals surface area contributed by atoms with E-state index in [0.29, 0.717) is 4.83 Å². The molecule has 0 aromatic heterocycles. The summed E-state index contributed by atoms with van der Waals surface area (Å²) in [5.41, 5.74) is 2.93. The second kappa shape index (κ2) is 4.26. The van der Waals surface area contributed by atoms with Gasteiger partial charge in [0.25, 0.3) is 0 Å². The molecule has 0 spiro atoms. The lowest BCUT2D eigenvalue weighted by Gasteiger charge is -2.21. The lowest BCUT2D eigenvalue weighted by Crippen LogP contribution is -2.18. The summed E-state index contributed by atoms with van der Waals surface area (Å²) in [5.74, 6) is 2.72. The van der Waals surface area contributed by atoms with Gasteiger partial charge in [-0.1, -0.05) is 48.8 Å². The van der Waals surface area contributed by atoms with E-state index in [4.69, 9.17) is 4.74 Å². The summed E-state index contributed by atoms with van der Waals surface area (Å²) >= 11 is 3.90. The van der Waals surface area contributed by atoms with Gasteiger partial charge in [0, 0.05) is 15.8 Å². The van der Waals surface area contributed by atoms with Gasteiger partial charge in [-0.25, -0.2) is 0 Å². The lowest BCUT2D eigenvalue weighted by molar-refractivity contribution is 0.291. The second-order valence-electron chi connectivity index (χ2n) is 6.53. The van der Waals surface area contributed by atoms with E-state index >= 15 is 0 Å². The van der Waals surface area contributed by atoms with Gasteiger partial charge in [-0.3, -0.25) is 0 Å². The molecule has 2 aliphatic rings. The van der Waals surface area contributed by atoms with Crippen molar-refractivity contribution < 1.29 is 4.74 Å². The third kappa shape index (κ3) is 2.09. The minimum atomic E-state index is 0.154. The van der Waals surface area contributed by atoms with Crippen molar-refractivity contribution >= 4 is 15.9 Å². The monoisotopic (exact) mass is 308 g/mol. The van der Waals surface area contributed by atoms with Gasteiger partial charge in [-0.15, -0.1) is 0 Å². The number of rotatable bonds is 3. The molecule has 1 fully saturated rings. The maximum Gasteiger partial charge on any atom is 0.123 e. The molecule has 1 aromatic rings. The van der Waals surface area contributed by atoms with Crippen LogP contribution in [0.5, 0.6) is 5.75 Å². The molecule has 1 nitrogen and oxygen atoms in total. The Morgan fingerprint density at radius 2 is 2.06 bits per heavy atom. The summed E-state index contributed by atoms with van der Waals surface area (Å²) < 4.78 is 5.75. The predicted octanol–water partition coefficient (Wildman–Crippen LogP) is 4.84. The van der Waals surface area contributed by atoms with Gasteiger partial charge < -0.3 is 4.74 Å². The molecular formula is C16H21BrO. The van der Waals surface area contributed by atoms with E-state index in [9.17, 15) is 0 Å². The largest absolute Gasteiger partial charge is 0.492 e. The first-order valence-corrected chi connectivity index (χ1v) is 7.82. The Morgan fingerprint density at radius 1 is 1.33 bits per heavy atom. The van der Waals surface area contributed by atoms with Gasteiger partial charge in [0.2, 0.25) is 0 Å². The van der Waals surface area contributed by atoms with Gasteiger partial charge in [-0.2, -0.15) is 0 Å². The van der Waals surface area contributed by atoms with E-state index in [0.717, 1.165) is 24.2 Å². The van der Waals surface area contributed by atoms with Crippen LogP contribution in [0.2, 0.25) is 0 Å². The van der Waals surface area contributed by atoms with Crippen LogP contribution >= 0.6 is 15.9 Å². The fourth-order valence-corrected chi connectivity index (χ4v) is 3.59. The second-order valence-corrected chi connectivity index (χ2v) is 7.51. The van der Waals surface area contributed by atoms with Crippen molar-refractivity contribution in [2.45, 2.75) is 43.9 Å². The van der Waals surface area contributed by atoms with Crippen LogP contribution in [0.3, 0.4) is 0 Å². The first-order chi connectivity index (χ1) is 8.49. The molecule has 1 saturated carbocycles. The smallest absolute Gasteiger partial charge is 0.123 e. The number of hydrogen-bond donors (Lipinski definition) is 0. The van der Waals surface area contributed by atoms with Gasteiger partial charge in [0.05, 0.1) is 6.61 Å². The molecule has 1 aliphatic carbocycles. The molecule has 0 bridgehead atoms. The van der Waals surface area contributed by atoms with Crippen LogP contribution < -0.4 is 4.74 Å². The number of benzene rings is 1. The molecule has 2 heteroatoms. The van der Waals surface area contributed by atoms with Gasteiger partial charge in [0.15, 0.2) is 0 Å². The Kier molecular flexibility index (Phi) is 2.97. The molecular weight excluding hydrogens is 288 g/mol. The van der Waals surface area contributed by atoms with Crippen molar-refractivity contribution in [1.29, 1.82) is 0 Å². The van der Waals surface area contributed by atoms with E-state index in [-0.39, 0.29) is 5.41 Å². The summed E-state index contributed by atoms with van der Waals surface area (Å²) in [7, 11) is 0. The van der Waals surface area contributed by atoms with Crippen molar-refractivity contribution in [3.63, 3.8) is 0 Å². The topological polar surface area (TPSA) is 9.23 Å². The minimum absolute atomic E-state index is 0.154. The van der Waals surface area contributed by atoms with Crippen molar-refractivity contribution in [2.75, 3.05) is 6.61 Å². The van der Waals surface area contributed by atoms with Crippen LogP contribution in [0.25, 0.3) is 0 Å². The number of ether oxygens (including phenoxy) is 1. The van der Waals surface area contributed by atoms with Gasteiger partial charge >= 0.3 is 0 Å². The molecule has 0 amide bonds. The highest BCUT2D eigenvalue weighted by Crippen LogP contribution is 2.48. The van der Waals surface area contributed by atoms with Crippen LogP contribution in [0.4, 0.5) is 0 Å². The van der Waals surface area contributed by atoms with Crippen LogP contribution in [-0.2, 0) is 5.41 Å². The van der Waals surface area contributed by atoms with Crippen LogP contribution in [0, 0.1) is 11.8 Å². The number of fused-ring (bicyclic) bond motifs is 1. The van der Waals surface area contributed by atoms with Gasteiger partial charge in [0.1, 0.15) is 5.75 Å². The Balaban J connectivity index is 1.90. The highest BCUT2D eigenvalue weighted by atomic mass is 79.9. The maximum absolute atomic E-state index is 5.75. The maximum atomic E-state index is 5.75. The fourth-order valence-electron chi connectivity index (χ4n) is 2.87. The zero-order chi connectivity index (χ0) is 12.9. The molecule has 2 unspecified atom stereocenters. The zero-order valence-electron chi connectivity index (χ0n) is 11.4. The summed E-state index contributed by atoms with van der Waals surface area (Å²) in [6.07, 6.45) is 2.81. The standard InChI is InChI=1S/C16H21BrO/c1-10(11-4-5-11)15(17)12-6-7-14-13(8-12)16(2,3)9-18-14/h6-8,10-11,15H,4-5,9H2,1-3H3. The number of hydrogen-bond acceptors (Lipinski definition) is 1. The van der Waals surface area contributed by atoms with E-state index < -0.39 is 0 Å². The quantitative estimate of drug-likeness (QED) is 0.726. The normalized spacial score (nSPS) is 24.2. The summed E-state index contributed by atoms with van der Waals surface area (Å²) in [6.45, 7) is 7.69. The third-order valence-corrected chi connectivity index (χ3v) is 5.83. The molecule has 0 N–H and O–H groups in total. The highest BCUT2D eigenvalue weighted by molar-refractivity contribution is 9.09. The van der Waals surface area contributed by atoms with Crippen LogP contribution in [0.15, 0.2) is 18.2 Å². The molecule has 98 valence electrons. The molecule has 1 aromatic carbocycles. The first-order valence-electron chi connectivity index (χ1n) is 6.90. The van der Waals surface area contributed by atoms with Crippen molar-refractivity contribution in [3.05, 3.63) is 29.3 Å². The van der Waals surface area contributed by atoms with Crippen molar-refractivity contribution in [2.24, 2.45) is 11.8 Å². The summed E-state index contributed by atoms with van der Waals surface area (Å²) in [5, 5.41) is 0. The average molecular weight is 309 g/mol. The van der Waals surface area contributed by atoms with E-state index in [1.807, 2.05) is 0 Å². The highest BCUT2D eigenvalue weighted by Gasteiger charge is 2.35. The van der Waals surface area contributed by atoms with E-state index in [1.54, 1.807) is 0 Å². The molecule has 2 atom stereocenters. The Morgan fingerprint density at radius 3 is 2.72 bits per heavy atom. The SMILES string of the molecule is CC(C1CC1)C(Br)c1ccc2c(c1)C(C)(C)CO2. The molecule has 1 heterocycles. The Labute approximate surface area is 118 Å². The lowest BCUT2D eigenvalue weighted by atomic mass is 9.85. The van der Waals surface area contributed by atoms with Gasteiger partial charge in [-0.05, 0) is 36.3 Å². The first kappa shape index (κ1) is 12.5. The molecule has 3 rings (SSSR count). The Bertz CT molecular complexity index is 462. The molecule has 0 radical (unpaired) electrons. The summed E-state index contributed by atoms with van der Waals surface area (Å²) in [6, 6.07) is 6.71. The zero-order valence-corrected chi connectivity index (χ0v) is 13.0. The van der Waals surface area contributed by atoms with Crippen molar-refractivity contribution in [1.82, 2.24) is 0 Å². The third-order valence-electron chi connectivity index (χ3n) is 4.47. The molecule has 1 aliphatic heterocycles. The van der Waals surface area contributed by atoms with E-state index in [1.165, 1.54) is 24.0 Å². The minimum Gasteiger partial charge on any atom is -0.492 e. The van der Waals surface area contributed by atoms with Crippen LogP contribution in [-0.4, -0.2) is 6.61 Å². The number of alkyl halides is 1. The Hall–Kier alpha value is -0.500. The van der Waals surface area contributed by atoms with Crippen molar-refractivity contribution in [3.8, 4) is 5.75 Å². The number of halogens is 1. The van der Waals surface area contributed by atoms with E-state index in [2.05, 4.69) is 54.9 Å². The van der Waals surface area contributed by atoms with Crippen LogP contribution in [0.1, 0.15) is 49.6 Å². The molecule has 18 heavy (non-hydrogen) atoms. The predicted molar refractivity (Wildman–Crippen MR) is 78.5 cm³/mol. The average Bonchev–Trinajstić information content (AvgIpc) is 3.15. The fraction of sp³-hybridized carbons (Fsp3) is 0.625. The summed E-state index contributed by atoms with van der Waals surface area (Å²) in [4.78, 5) is 0.478.